The van der Waals surface area contributed by atoms with Crippen molar-refractivity contribution in [3.63, 3.8) is 0 Å². The molecule has 196 valence electrons. The third kappa shape index (κ3) is 4.45. The minimum absolute atomic E-state index is 0.0368. The van der Waals surface area contributed by atoms with Gasteiger partial charge < -0.3 is 30.7 Å². The molecular weight excluding hydrogens is 500 g/mol. The number of rotatable bonds is 7. The maximum Gasteiger partial charge on any atom is 0.327 e. The fourth-order valence-electron chi connectivity index (χ4n) is 5.06. The van der Waals surface area contributed by atoms with Crippen molar-refractivity contribution < 1.29 is 34.2 Å². The van der Waals surface area contributed by atoms with Gasteiger partial charge in [-0.15, -0.1) is 11.8 Å². The van der Waals surface area contributed by atoms with Crippen molar-refractivity contribution in [2.75, 3.05) is 0 Å². The van der Waals surface area contributed by atoms with Crippen LogP contribution in [0.2, 0.25) is 0 Å². The first-order valence-electron chi connectivity index (χ1n) is 11.6. The monoisotopic (exact) mass is 528 g/mol. The van der Waals surface area contributed by atoms with Gasteiger partial charge in [0.2, 0.25) is 11.8 Å². The van der Waals surface area contributed by atoms with E-state index in [0.717, 1.165) is 0 Å². The van der Waals surface area contributed by atoms with E-state index in [0.29, 0.717) is 22.4 Å². The van der Waals surface area contributed by atoms with Crippen molar-refractivity contribution in [2.24, 2.45) is 0 Å². The van der Waals surface area contributed by atoms with Crippen LogP contribution in [0.15, 0.2) is 24.3 Å². The summed E-state index contributed by atoms with van der Waals surface area (Å²) < 4.78 is -0.756. The predicted octanol–water partition coefficient (Wildman–Crippen LogP) is 1.64. The molecule has 1 unspecified atom stereocenters. The lowest BCUT2D eigenvalue weighted by atomic mass is 9.95. The molecule has 2 aliphatic rings. The minimum atomic E-state index is -1.24. The van der Waals surface area contributed by atoms with E-state index >= 15 is 0 Å². The Morgan fingerprint density at radius 2 is 1.76 bits per heavy atom. The van der Waals surface area contributed by atoms with Gasteiger partial charge in [0, 0.05) is 16.0 Å². The first-order valence-corrected chi connectivity index (χ1v) is 12.5. The number of aromatic amines is 1. The quantitative estimate of drug-likeness (QED) is 0.267. The van der Waals surface area contributed by atoms with Crippen molar-refractivity contribution in [1.29, 1.82) is 0 Å². The summed E-state index contributed by atoms with van der Waals surface area (Å²) in [4.78, 5) is 67.4. The Labute approximate surface area is 217 Å². The molecule has 2 saturated heterocycles. The molecular formula is C25H28N4O7S. The highest BCUT2D eigenvalue weighted by Gasteiger charge is 2.64. The van der Waals surface area contributed by atoms with Crippen molar-refractivity contribution >= 4 is 41.2 Å². The maximum atomic E-state index is 13.4. The van der Waals surface area contributed by atoms with Gasteiger partial charge in [0.15, 0.2) is 5.78 Å². The zero-order chi connectivity index (χ0) is 27.4. The molecule has 2 fully saturated rings. The molecule has 37 heavy (non-hydrogen) atoms. The number of aliphatic carboxylic acids is 1. The van der Waals surface area contributed by atoms with Crippen LogP contribution in [0.25, 0.3) is 0 Å². The molecule has 11 nitrogen and oxygen atoms in total. The van der Waals surface area contributed by atoms with Crippen molar-refractivity contribution in [3.8, 4) is 5.75 Å². The highest BCUT2D eigenvalue weighted by atomic mass is 32.2. The number of carbonyl (C=O) groups excluding carboxylic acids is 4. The molecule has 0 spiro atoms. The zero-order valence-corrected chi connectivity index (χ0v) is 21.7. The SMILES string of the molecule is CC(=O)c1c(C)[nH]c(C(=O)NC(C(=O)N[C@@H]2C(=O)N3[C@@H]2SC(C)(C)[C@@H]3C(=O)O)c2ccc(O)cc2)c1C. The number of aromatic hydroxyl groups is 1. The second-order valence-corrected chi connectivity index (χ2v) is 11.5. The Hall–Kier alpha value is -3.80. The van der Waals surface area contributed by atoms with Crippen LogP contribution in [0.4, 0.5) is 0 Å². The van der Waals surface area contributed by atoms with E-state index in [1.807, 2.05) is 0 Å². The van der Waals surface area contributed by atoms with Crippen LogP contribution in [0, 0.1) is 13.8 Å². The zero-order valence-electron chi connectivity index (χ0n) is 20.9. The van der Waals surface area contributed by atoms with E-state index in [-0.39, 0.29) is 17.2 Å². The van der Waals surface area contributed by atoms with E-state index in [9.17, 15) is 34.2 Å². The molecule has 12 heteroatoms. The van der Waals surface area contributed by atoms with Crippen molar-refractivity contribution in [1.82, 2.24) is 20.5 Å². The van der Waals surface area contributed by atoms with Crippen molar-refractivity contribution in [2.45, 2.75) is 62.9 Å². The number of β-lactam (4-membered cyclic amide) rings is 1. The number of aryl methyl sites for hydroxylation is 1. The van der Waals surface area contributed by atoms with Crippen LogP contribution in [0.5, 0.6) is 5.75 Å². The number of nitrogens with zero attached hydrogens (tertiary/aromatic N) is 1. The smallest absolute Gasteiger partial charge is 0.327 e. The number of hydrogen-bond acceptors (Lipinski definition) is 7. The first-order chi connectivity index (χ1) is 17.2. The molecule has 5 N–H and O–H groups in total. The van der Waals surface area contributed by atoms with Gasteiger partial charge in [-0.2, -0.15) is 0 Å². The fraction of sp³-hybridized carbons (Fsp3) is 0.400. The number of carboxylic acid groups (broad SMARTS) is 1. The Balaban J connectivity index is 1.59. The van der Waals surface area contributed by atoms with Gasteiger partial charge in [-0.05, 0) is 57.9 Å². The molecule has 0 aliphatic carbocycles. The summed E-state index contributed by atoms with van der Waals surface area (Å²) in [5.41, 5.74) is 1.84. The summed E-state index contributed by atoms with van der Waals surface area (Å²) in [6, 6.07) is 2.44. The number of hydrogen-bond donors (Lipinski definition) is 5. The molecule has 0 radical (unpaired) electrons. The maximum absolute atomic E-state index is 13.4. The van der Waals surface area contributed by atoms with E-state index < -0.39 is 51.9 Å². The number of carboxylic acids is 1. The van der Waals surface area contributed by atoms with Gasteiger partial charge in [0.1, 0.15) is 34.9 Å². The lowest BCUT2D eigenvalue weighted by Crippen LogP contribution is -2.71. The standard InChI is InChI=1S/C25H28N4O7S/c1-10-15(12(3)30)11(2)26-16(10)20(32)27-17(13-6-8-14(31)9-7-13)21(33)28-18-22(34)29-19(24(35)36)25(4,5)37-23(18)29/h6-9,17-19,23,26,31H,1-5H3,(H,27,32)(H,28,33)(H,35,36)/t17?,18-,19+,23-/m1/s1. The number of amides is 3. The molecule has 1 aromatic carbocycles. The molecule has 2 aliphatic heterocycles. The van der Waals surface area contributed by atoms with Gasteiger partial charge in [0.25, 0.3) is 5.91 Å². The Morgan fingerprint density at radius 1 is 1.14 bits per heavy atom. The third-order valence-electron chi connectivity index (χ3n) is 6.75. The van der Waals surface area contributed by atoms with E-state index in [4.69, 9.17) is 0 Å². The molecule has 4 rings (SSSR count). The number of ketones is 1. The lowest BCUT2D eigenvalue weighted by Gasteiger charge is -2.44. The van der Waals surface area contributed by atoms with Crippen LogP contribution in [0.3, 0.4) is 0 Å². The molecule has 2 aromatic rings. The number of benzene rings is 1. The Bertz CT molecular complexity index is 1320. The molecule has 3 heterocycles. The largest absolute Gasteiger partial charge is 0.508 e. The normalized spacial score (nSPS) is 22.6. The van der Waals surface area contributed by atoms with Gasteiger partial charge in [-0.3, -0.25) is 19.2 Å². The molecule has 3 amide bonds. The number of phenolic OH excluding ortho intramolecular Hbond substituents is 1. The summed E-state index contributed by atoms with van der Waals surface area (Å²) in [6.45, 7) is 8.16. The summed E-state index contributed by atoms with van der Waals surface area (Å²) in [7, 11) is 0. The molecule has 4 atom stereocenters. The second kappa shape index (κ2) is 9.25. The van der Waals surface area contributed by atoms with Crippen molar-refractivity contribution in [3.05, 3.63) is 52.3 Å². The van der Waals surface area contributed by atoms with E-state index in [2.05, 4.69) is 15.6 Å². The van der Waals surface area contributed by atoms with Gasteiger partial charge >= 0.3 is 5.97 Å². The van der Waals surface area contributed by atoms with Crippen LogP contribution in [0.1, 0.15) is 64.5 Å². The summed E-state index contributed by atoms with van der Waals surface area (Å²) in [5, 5.41) is 24.1. The van der Waals surface area contributed by atoms with E-state index in [1.54, 1.807) is 27.7 Å². The Kier molecular flexibility index (Phi) is 6.57. The average molecular weight is 529 g/mol. The fourth-order valence-corrected chi connectivity index (χ4v) is 6.68. The average Bonchev–Trinajstić information content (AvgIpc) is 3.26. The number of fused-ring (bicyclic) bond motifs is 1. The number of thioether (sulfide) groups is 1. The molecule has 0 saturated carbocycles. The van der Waals surface area contributed by atoms with Crippen LogP contribution < -0.4 is 10.6 Å². The number of nitrogens with one attached hydrogen (secondary N) is 3. The summed E-state index contributed by atoms with van der Waals surface area (Å²) in [6.07, 6.45) is 0. The number of H-pyrrole nitrogens is 1. The number of Topliss-reactive ketones (excluding diaryl/α,β-unsaturated/α-hetero) is 1. The summed E-state index contributed by atoms with van der Waals surface area (Å²) in [5.74, 6) is -3.18. The van der Waals surface area contributed by atoms with Crippen LogP contribution in [-0.4, -0.2) is 71.8 Å². The van der Waals surface area contributed by atoms with Gasteiger partial charge in [-0.25, -0.2) is 4.79 Å². The molecule has 0 bridgehead atoms. The Morgan fingerprint density at radius 3 is 2.30 bits per heavy atom. The lowest BCUT2D eigenvalue weighted by molar-refractivity contribution is -0.161. The first kappa shape index (κ1) is 26.3. The van der Waals surface area contributed by atoms with Crippen LogP contribution >= 0.6 is 11.8 Å². The number of phenols is 1. The highest BCUT2D eigenvalue weighted by molar-refractivity contribution is 8.01. The number of aromatic nitrogens is 1. The number of carbonyl (C=O) groups is 5. The van der Waals surface area contributed by atoms with Crippen LogP contribution in [-0.2, 0) is 14.4 Å². The van der Waals surface area contributed by atoms with Gasteiger partial charge in [-0.1, -0.05) is 12.1 Å². The minimum Gasteiger partial charge on any atom is -0.508 e. The third-order valence-corrected chi connectivity index (χ3v) is 8.32. The predicted molar refractivity (Wildman–Crippen MR) is 134 cm³/mol. The highest BCUT2D eigenvalue weighted by Crippen LogP contribution is 2.50. The summed E-state index contributed by atoms with van der Waals surface area (Å²) >= 11 is 1.29. The molecule has 1 aromatic heterocycles. The topological polar surface area (TPSA) is 169 Å². The van der Waals surface area contributed by atoms with E-state index in [1.165, 1.54) is 47.9 Å². The van der Waals surface area contributed by atoms with Gasteiger partial charge in [0.05, 0.1) is 0 Å². The second-order valence-electron chi connectivity index (χ2n) is 9.76.